The summed E-state index contributed by atoms with van der Waals surface area (Å²) in [7, 11) is 0. The number of carbonyl (C=O) groups is 3. The van der Waals surface area contributed by atoms with Crippen molar-refractivity contribution in [2.45, 2.75) is 19.9 Å². The highest BCUT2D eigenvalue weighted by atomic mass is 16.2. The summed E-state index contributed by atoms with van der Waals surface area (Å²) in [6.45, 7) is 2.21. The van der Waals surface area contributed by atoms with Crippen molar-refractivity contribution in [2.24, 2.45) is 11.7 Å². The van der Waals surface area contributed by atoms with Crippen molar-refractivity contribution < 1.29 is 14.4 Å². The molecule has 1 unspecified atom stereocenters. The lowest BCUT2D eigenvalue weighted by atomic mass is 9.99. The summed E-state index contributed by atoms with van der Waals surface area (Å²) in [5.41, 5.74) is 8.79. The number of allylic oxidation sites excluding steroid dienone is 2. The standard InChI is InChI=1S/C22H23N5O3/c1-14-4-9-19(18(23)11-14)27-20(28)16-7-5-15(6-8-16)12-25-21(29)22(30)26-17-3-2-10-24-13-17/h2-3,5-11,13-14H,4,12,23H2,1H3,(H,25,29)(H,26,30)(H,27,28). The predicted molar refractivity (Wildman–Crippen MR) is 113 cm³/mol. The molecule has 1 aliphatic rings. The first-order chi connectivity index (χ1) is 14.4. The number of hydrogen-bond donors (Lipinski definition) is 4. The average molecular weight is 405 g/mol. The number of rotatable bonds is 5. The van der Waals surface area contributed by atoms with Crippen LogP contribution in [0.25, 0.3) is 0 Å². The maximum atomic E-state index is 12.4. The molecule has 3 amide bonds. The molecule has 3 rings (SSSR count). The average Bonchev–Trinajstić information content (AvgIpc) is 2.75. The monoisotopic (exact) mass is 405 g/mol. The van der Waals surface area contributed by atoms with E-state index in [1.54, 1.807) is 42.6 Å². The van der Waals surface area contributed by atoms with Crippen LogP contribution in [-0.4, -0.2) is 22.7 Å². The number of benzene rings is 1. The van der Waals surface area contributed by atoms with Gasteiger partial charge in [0.25, 0.3) is 5.91 Å². The molecular weight excluding hydrogens is 382 g/mol. The second-order valence-electron chi connectivity index (χ2n) is 6.98. The largest absolute Gasteiger partial charge is 0.397 e. The van der Waals surface area contributed by atoms with Crippen LogP contribution >= 0.6 is 0 Å². The Morgan fingerprint density at radius 2 is 1.87 bits per heavy atom. The van der Waals surface area contributed by atoms with Crippen molar-refractivity contribution in [1.29, 1.82) is 0 Å². The molecule has 0 radical (unpaired) electrons. The van der Waals surface area contributed by atoms with Crippen molar-refractivity contribution in [3.05, 3.63) is 83.5 Å². The fourth-order valence-electron chi connectivity index (χ4n) is 2.86. The summed E-state index contributed by atoms with van der Waals surface area (Å²) < 4.78 is 0. The molecule has 0 saturated carbocycles. The van der Waals surface area contributed by atoms with Crippen molar-refractivity contribution in [3.8, 4) is 0 Å². The summed E-state index contributed by atoms with van der Waals surface area (Å²) in [6.07, 6.45) is 7.67. The van der Waals surface area contributed by atoms with E-state index < -0.39 is 11.8 Å². The Balaban J connectivity index is 1.50. The summed E-state index contributed by atoms with van der Waals surface area (Å²) >= 11 is 0. The van der Waals surface area contributed by atoms with Gasteiger partial charge in [-0.05, 0) is 42.2 Å². The smallest absolute Gasteiger partial charge is 0.313 e. The van der Waals surface area contributed by atoms with Gasteiger partial charge in [0, 0.05) is 18.3 Å². The maximum absolute atomic E-state index is 12.4. The van der Waals surface area contributed by atoms with Gasteiger partial charge in [0.15, 0.2) is 0 Å². The van der Waals surface area contributed by atoms with E-state index in [9.17, 15) is 14.4 Å². The lowest BCUT2D eigenvalue weighted by molar-refractivity contribution is -0.136. The number of aromatic nitrogens is 1. The summed E-state index contributed by atoms with van der Waals surface area (Å²) in [6, 6.07) is 10.0. The van der Waals surface area contributed by atoms with Gasteiger partial charge in [0.2, 0.25) is 0 Å². The third-order valence-corrected chi connectivity index (χ3v) is 4.51. The zero-order valence-electron chi connectivity index (χ0n) is 16.5. The first-order valence-electron chi connectivity index (χ1n) is 9.49. The van der Waals surface area contributed by atoms with Crippen LogP contribution in [0.2, 0.25) is 0 Å². The van der Waals surface area contributed by atoms with Crippen molar-refractivity contribution >= 4 is 23.4 Å². The van der Waals surface area contributed by atoms with Gasteiger partial charge in [0.1, 0.15) is 0 Å². The third-order valence-electron chi connectivity index (χ3n) is 4.51. The quantitative estimate of drug-likeness (QED) is 0.565. The summed E-state index contributed by atoms with van der Waals surface area (Å²) in [5.74, 6) is -1.45. The van der Waals surface area contributed by atoms with Crippen molar-refractivity contribution in [1.82, 2.24) is 15.6 Å². The fraction of sp³-hybridized carbons (Fsp3) is 0.182. The Kier molecular flexibility index (Phi) is 6.59. The molecule has 1 atom stereocenters. The van der Waals surface area contributed by atoms with Crippen LogP contribution in [-0.2, 0) is 16.1 Å². The second kappa shape index (κ2) is 9.51. The van der Waals surface area contributed by atoms with E-state index in [0.717, 1.165) is 12.0 Å². The molecule has 2 aromatic rings. The van der Waals surface area contributed by atoms with E-state index in [-0.39, 0.29) is 12.5 Å². The number of amides is 3. The highest BCUT2D eigenvalue weighted by Gasteiger charge is 2.15. The van der Waals surface area contributed by atoms with E-state index in [0.29, 0.717) is 28.6 Å². The number of nitrogens with one attached hydrogen (secondary N) is 3. The third kappa shape index (κ3) is 5.54. The molecule has 1 aromatic carbocycles. The maximum Gasteiger partial charge on any atom is 0.313 e. The Hall–Kier alpha value is -3.94. The summed E-state index contributed by atoms with van der Waals surface area (Å²) in [5, 5.41) is 7.81. The zero-order chi connectivity index (χ0) is 21.5. The lowest BCUT2D eigenvalue weighted by Crippen LogP contribution is -2.35. The molecule has 1 heterocycles. The minimum atomic E-state index is -0.778. The van der Waals surface area contributed by atoms with Crippen LogP contribution in [0.5, 0.6) is 0 Å². The Morgan fingerprint density at radius 1 is 1.10 bits per heavy atom. The Labute approximate surface area is 174 Å². The van der Waals surface area contributed by atoms with E-state index in [2.05, 4.69) is 27.9 Å². The predicted octanol–water partition coefficient (Wildman–Crippen LogP) is 1.83. The fourth-order valence-corrected chi connectivity index (χ4v) is 2.86. The normalized spacial score (nSPS) is 15.4. The van der Waals surface area contributed by atoms with Gasteiger partial charge in [-0.25, -0.2) is 0 Å². The number of nitrogens with two attached hydrogens (primary N) is 1. The van der Waals surface area contributed by atoms with E-state index in [1.807, 2.05) is 12.2 Å². The number of nitrogens with zero attached hydrogens (tertiary/aromatic N) is 1. The van der Waals surface area contributed by atoms with Crippen molar-refractivity contribution in [2.75, 3.05) is 5.32 Å². The Bertz CT molecular complexity index is 997. The summed E-state index contributed by atoms with van der Waals surface area (Å²) in [4.78, 5) is 40.1. The van der Waals surface area contributed by atoms with Crippen LogP contribution in [0.1, 0.15) is 29.3 Å². The zero-order valence-corrected chi connectivity index (χ0v) is 16.5. The van der Waals surface area contributed by atoms with Crippen LogP contribution in [0, 0.1) is 5.92 Å². The van der Waals surface area contributed by atoms with Gasteiger partial charge in [-0.3, -0.25) is 19.4 Å². The number of pyridine rings is 1. The highest BCUT2D eigenvalue weighted by molar-refractivity contribution is 6.39. The molecule has 8 heteroatoms. The first-order valence-corrected chi connectivity index (χ1v) is 9.49. The lowest BCUT2D eigenvalue weighted by Gasteiger charge is -2.17. The van der Waals surface area contributed by atoms with Gasteiger partial charge >= 0.3 is 11.8 Å². The van der Waals surface area contributed by atoms with E-state index in [1.165, 1.54) is 6.20 Å². The van der Waals surface area contributed by atoms with Crippen molar-refractivity contribution in [3.63, 3.8) is 0 Å². The van der Waals surface area contributed by atoms with Gasteiger partial charge in [-0.15, -0.1) is 0 Å². The molecule has 5 N–H and O–H groups in total. The molecule has 1 aromatic heterocycles. The molecule has 0 saturated heterocycles. The van der Waals surface area contributed by atoms with Crippen LogP contribution < -0.4 is 21.7 Å². The van der Waals surface area contributed by atoms with Gasteiger partial charge < -0.3 is 21.7 Å². The Morgan fingerprint density at radius 3 is 2.53 bits per heavy atom. The topological polar surface area (TPSA) is 126 Å². The number of carbonyl (C=O) groups excluding carboxylic acids is 3. The second-order valence-corrected chi connectivity index (χ2v) is 6.98. The van der Waals surface area contributed by atoms with E-state index in [4.69, 9.17) is 5.73 Å². The van der Waals surface area contributed by atoms with E-state index >= 15 is 0 Å². The number of hydrogen-bond acceptors (Lipinski definition) is 5. The van der Waals surface area contributed by atoms with Crippen LogP contribution in [0.15, 0.2) is 72.3 Å². The molecule has 0 fully saturated rings. The molecular formula is C22H23N5O3. The first kappa shape index (κ1) is 20.8. The molecule has 30 heavy (non-hydrogen) atoms. The minimum absolute atomic E-state index is 0.153. The van der Waals surface area contributed by atoms with Gasteiger partial charge in [0.05, 0.1) is 23.3 Å². The van der Waals surface area contributed by atoms with Gasteiger partial charge in [-0.2, -0.15) is 0 Å². The van der Waals surface area contributed by atoms with Crippen LogP contribution in [0.3, 0.4) is 0 Å². The minimum Gasteiger partial charge on any atom is -0.397 e. The molecule has 1 aliphatic carbocycles. The molecule has 0 bridgehead atoms. The van der Waals surface area contributed by atoms with Crippen LogP contribution in [0.4, 0.5) is 5.69 Å². The molecule has 154 valence electrons. The SMILES string of the molecule is CC1C=C(N)C(NC(=O)c2ccc(CNC(=O)C(=O)Nc3cccnc3)cc2)=CC1. The molecule has 0 spiro atoms. The number of anilines is 1. The molecule has 8 nitrogen and oxygen atoms in total. The molecule has 0 aliphatic heterocycles. The van der Waals surface area contributed by atoms with Gasteiger partial charge in [-0.1, -0.05) is 31.2 Å². The highest BCUT2D eigenvalue weighted by Crippen LogP contribution is 2.18.